The number of aromatic nitrogens is 2. The maximum Gasteiger partial charge on any atom is 0.128 e. The first-order chi connectivity index (χ1) is 5.83. The van der Waals surface area contributed by atoms with Gasteiger partial charge >= 0.3 is 0 Å². The van der Waals surface area contributed by atoms with Crippen LogP contribution in [-0.2, 0) is 0 Å². The van der Waals surface area contributed by atoms with E-state index in [0.29, 0.717) is 6.04 Å². The Balaban J connectivity index is 0.000000845. The lowest BCUT2D eigenvalue weighted by molar-refractivity contribution is 0.260. The monoisotopic (exact) mass is 203 g/mol. The summed E-state index contributed by atoms with van der Waals surface area (Å²) in [6.45, 7) is -0.0380. The fourth-order valence-electron chi connectivity index (χ4n) is 1.35. The summed E-state index contributed by atoms with van der Waals surface area (Å²) < 4.78 is 2.07. The van der Waals surface area contributed by atoms with Crippen LogP contribution in [0.25, 0.3) is 0 Å². The van der Waals surface area contributed by atoms with Crippen molar-refractivity contribution in [1.29, 1.82) is 0 Å². The molecule has 3 N–H and O–H groups in total. The molecule has 1 fully saturated rings. The first-order valence-corrected chi connectivity index (χ1v) is 4.22. The predicted octanol–water partition coefficient (Wildman–Crippen LogP) is 0.632. The van der Waals surface area contributed by atoms with Crippen molar-refractivity contribution in [2.45, 2.75) is 24.9 Å². The van der Waals surface area contributed by atoms with E-state index < -0.39 is 0 Å². The summed E-state index contributed by atoms with van der Waals surface area (Å²) in [7, 11) is 0. The summed E-state index contributed by atoms with van der Waals surface area (Å²) in [6, 6.07) is 0.251. The van der Waals surface area contributed by atoms with E-state index in [1.807, 2.05) is 6.20 Å². The molecule has 4 nitrogen and oxygen atoms in total. The maximum atomic E-state index is 8.85. The van der Waals surface area contributed by atoms with Gasteiger partial charge in [-0.3, -0.25) is 0 Å². The Labute approximate surface area is 83.2 Å². The third-order valence-electron chi connectivity index (χ3n) is 2.17. The van der Waals surface area contributed by atoms with Gasteiger partial charge in [-0.05, 0) is 12.8 Å². The molecule has 0 bridgehead atoms. The third kappa shape index (κ3) is 2.02. The van der Waals surface area contributed by atoms with E-state index in [9.17, 15) is 0 Å². The standard InChI is InChI=1S/C8H13N3O.ClH/c9-7(5-12)8-10-3-4-11(8)6-1-2-6;/h3-4,6-7,12H,1-2,5,9H2;1H. The molecule has 13 heavy (non-hydrogen) atoms. The average molecular weight is 204 g/mol. The number of hydrogen-bond donors (Lipinski definition) is 2. The highest BCUT2D eigenvalue weighted by molar-refractivity contribution is 5.85. The molecule has 0 saturated heterocycles. The van der Waals surface area contributed by atoms with E-state index in [2.05, 4.69) is 9.55 Å². The van der Waals surface area contributed by atoms with Crippen molar-refractivity contribution >= 4 is 12.4 Å². The third-order valence-corrected chi connectivity index (χ3v) is 2.17. The predicted molar refractivity (Wildman–Crippen MR) is 51.8 cm³/mol. The molecular weight excluding hydrogens is 190 g/mol. The number of nitrogens with two attached hydrogens (primary N) is 1. The summed E-state index contributed by atoms with van der Waals surface area (Å²) in [5.74, 6) is 0.806. The minimum atomic E-state index is -0.333. The van der Waals surface area contributed by atoms with Crippen molar-refractivity contribution in [1.82, 2.24) is 9.55 Å². The van der Waals surface area contributed by atoms with E-state index >= 15 is 0 Å². The Kier molecular flexibility index (Phi) is 3.30. The number of aliphatic hydroxyl groups is 1. The molecule has 1 unspecified atom stereocenters. The zero-order chi connectivity index (χ0) is 8.55. The van der Waals surface area contributed by atoms with Crippen LogP contribution in [-0.4, -0.2) is 21.3 Å². The van der Waals surface area contributed by atoms with E-state index in [-0.39, 0.29) is 25.1 Å². The SMILES string of the molecule is Cl.NC(CO)c1nccn1C1CC1. The fourth-order valence-corrected chi connectivity index (χ4v) is 1.35. The van der Waals surface area contributed by atoms with E-state index in [0.717, 1.165) is 5.82 Å². The van der Waals surface area contributed by atoms with Crippen molar-refractivity contribution < 1.29 is 5.11 Å². The second-order valence-electron chi connectivity index (χ2n) is 3.21. The van der Waals surface area contributed by atoms with Crippen LogP contribution in [0.1, 0.15) is 30.7 Å². The first kappa shape index (κ1) is 10.5. The van der Waals surface area contributed by atoms with Gasteiger partial charge in [0.15, 0.2) is 0 Å². The van der Waals surface area contributed by atoms with Gasteiger partial charge in [-0.2, -0.15) is 0 Å². The summed E-state index contributed by atoms with van der Waals surface area (Å²) in [6.07, 6.45) is 6.09. The lowest BCUT2D eigenvalue weighted by atomic mass is 10.3. The number of aliphatic hydroxyl groups excluding tert-OH is 1. The molecule has 0 aliphatic heterocycles. The van der Waals surface area contributed by atoms with Crippen molar-refractivity contribution in [3.8, 4) is 0 Å². The van der Waals surface area contributed by atoms with Gasteiger partial charge in [-0.1, -0.05) is 0 Å². The Morgan fingerprint density at radius 3 is 2.92 bits per heavy atom. The number of halogens is 1. The van der Waals surface area contributed by atoms with Crippen LogP contribution in [0.2, 0.25) is 0 Å². The minimum Gasteiger partial charge on any atom is -0.394 e. The van der Waals surface area contributed by atoms with Crippen LogP contribution in [0.3, 0.4) is 0 Å². The van der Waals surface area contributed by atoms with E-state index in [1.54, 1.807) is 6.20 Å². The lowest BCUT2D eigenvalue weighted by Crippen LogP contribution is -2.19. The quantitative estimate of drug-likeness (QED) is 0.758. The first-order valence-electron chi connectivity index (χ1n) is 4.22. The zero-order valence-electron chi connectivity index (χ0n) is 7.26. The molecule has 2 rings (SSSR count). The zero-order valence-corrected chi connectivity index (χ0v) is 8.07. The van der Waals surface area contributed by atoms with Crippen molar-refractivity contribution in [2.75, 3.05) is 6.61 Å². The largest absolute Gasteiger partial charge is 0.394 e. The van der Waals surface area contributed by atoms with Crippen LogP contribution in [0.15, 0.2) is 12.4 Å². The van der Waals surface area contributed by atoms with Crippen LogP contribution < -0.4 is 5.73 Å². The van der Waals surface area contributed by atoms with Gasteiger partial charge in [0.25, 0.3) is 0 Å². The Morgan fingerprint density at radius 2 is 2.38 bits per heavy atom. The van der Waals surface area contributed by atoms with Crippen molar-refractivity contribution in [3.63, 3.8) is 0 Å². The highest BCUT2D eigenvalue weighted by Gasteiger charge is 2.26. The molecule has 1 aliphatic rings. The number of hydrogen-bond acceptors (Lipinski definition) is 3. The van der Waals surface area contributed by atoms with E-state index in [4.69, 9.17) is 10.8 Å². The average Bonchev–Trinajstić information content (AvgIpc) is 2.83. The normalized spacial score (nSPS) is 18.0. The molecule has 0 aromatic carbocycles. The second-order valence-corrected chi connectivity index (χ2v) is 3.21. The highest BCUT2D eigenvalue weighted by atomic mass is 35.5. The molecule has 1 atom stereocenters. The van der Waals surface area contributed by atoms with Crippen molar-refractivity contribution in [2.24, 2.45) is 5.73 Å². The minimum absolute atomic E-state index is 0. The molecule has 1 aromatic heterocycles. The van der Waals surface area contributed by atoms with Crippen molar-refractivity contribution in [3.05, 3.63) is 18.2 Å². The van der Waals surface area contributed by atoms with Gasteiger partial charge in [0, 0.05) is 18.4 Å². The lowest BCUT2D eigenvalue weighted by Gasteiger charge is -2.10. The van der Waals surface area contributed by atoms with Gasteiger partial charge in [0.05, 0.1) is 12.6 Å². The molecule has 1 aliphatic carbocycles. The van der Waals surface area contributed by atoms with Crippen LogP contribution in [0.5, 0.6) is 0 Å². The summed E-state index contributed by atoms with van der Waals surface area (Å²) in [5.41, 5.74) is 5.67. The molecule has 0 amide bonds. The molecule has 0 radical (unpaired) electrons. The second kappa shape index (κ2) is 4.09. The maximum absolute atomic E-state index is 8.85. The van der Waals surface area contributed by atoms with E-state index in [1.165, 1.54) is 12.8 Å². The fraction of sp³-hybridized carbons (Fsp3) is 0.625. The molecule has 1 heterocycles. The highest BCUT2D eigenvalue weighted by Crippen LogP contribution is 2.36. The Morgan fingerprint density at radius 1 is 1.69 bits per heavy atom. The summed E-state index contributed by atoms with van der Waals surface area (Å²) in [5, 5.41) is 8.85. The molecule has 74 valence electrons. The van der Waals surface area contributed by atoms with Crippen LogP contribution >= 0.6 is 12.4 Å². The Hall–Kier alpha value is -0.580. The molecule has 1 aromatic rings. The van der Waals surface area contributed by atoms with Gasteiger partial charge in [0.2, 0.25) is 0 Å². The van der Waals surface area contributed by atoms with Crippen LogP contribution in [0.4, 0.5) is 0 Å². The molecule has 1 saturated carbocycles. The smallest absolute Gasteiger partial charge is 0.128 e. The van der Waals surface area contributed by atoms with Gasteiger partial charge < -0.3 is 15.4 Å². The number of imidazole rings is 1. The van der Waals surface area contributed by atoms with Crippen LogP contribution in [0, 0.1) is 0 Å². The number of rotatable bonds is 3. The Bertz CT molecular complexity index is 272. The van der Waals surface area contributed by atoms with Gasteiger partial charge in [-0.15, -0.1) is 12.4 Å². The topological polar surface area (TPSA) is 64.1 Å². The summed E-state index contributed by atoms with van der Waals surface area (Å²) in [4.78, 5) is 4.13. The van der Waals surface area contributed by atoms with Gasteiger partial charge in [-0.25, -0.2) is 4.98 Å². The number of nitrogens with zero attached hydrogens (tertiary/aromatic N) is 2. The molecule has 5 heteroatoms. The molecular formula is C8H14ClN3O. The molecule has 0 spiro atoms. The summed E-state index contributed by atoms with van der Waals surface area (Å²) >= 11 is 0. The van der Waals surface area contributed by atoms with Gasteiger partial charge in [0.1, 0.15) is 5.82 Å².